The molecular weight excluding hydrogens is 326 g/mol. The van der Waals surface area contributed by atoms with Gasteiger partial charge in [0, 0.05) is 18.7 Å². The van der Waals surface area contributed by atoms with Crippen molar-refractivity contribution in [1.82, 2.24) is 20.0 Å². The average Bonchev–Trinajstić information content (AvgIpc) is 3.15. The van der Waals surface area contributed by atoms with Crippen molar-refractivity contribution < 1.29 is 9.32 Å². The Morgan fingerprint density at radius 1 is 1.42 bits per heavy atom. The molecule has 130 valence electrons. The zero-order chi connectivity index (χ0) is 17.1. The summed E-state index contributed by atoms with van der Waals surface area (Å²) < 4.78 is 5.03. The van der Waals surface area contributed by atoms with Crippen molar-refractivity contribution in [1.29, 1.82) is 0 Å². The van der Waals surface area contributed by atoms with Crippen molar-refractivity contribution in [2.24, 2.45) is 5.92 Å². The van der Waals surface area contributed by atoms with Gasteiger partial charge in [-0.1, -0.05) is 5.16 Å². The standard InChI is InChI=1S/C16H23N5O2S/c1-10-9-24-16(17-10)19-15(22)11(2)21-6-4-13(5-7-21)8-14-18-12(3)23-20-14/h9,11,13H,4-8H2,1-3H3,(H,17,19,22)/t11-/m0/s1. The van der Waals surface area contributed by atoms with E-state index in [4.69, 9.17) is 4.52 Å². The van der Waals surface area contributed by atoms with Gasteiger partial charge in [-0.15, -0.1) is 11.3 Å². The highest BCUT2D eigenvalue weighted by Gasteiger charge is 2.27. The molecule has 2 aromatic heterocycles. The Morgan fingerprint density at radius 2 is 2.17 bits per heavy atom. The highest BCUT2D eigenvalue weighted by atomic mass is 32.1. The van der Waals surface area contributed by atoms with Crippen molar-refractivity contribution in [2.45, 2.75) is 46.1 Å². The Morgan fingerprint density at radius 3 is 2.75 bits per heavy atom. The van der Waals surface area contributed by atoms with Crippen LogP contribution in [0.1, 0.15) is 37.2 Å². The summed E-state index contributed by atoms with van der Waals surface area (Å²) in [6, 6.07) is -0.150. The molecule has 7 nitrogen and oxygen atoms in total. The number of thiazole rings is 1. The minimum Gasteiger partial charge on any atom is -0.340 e. The van der Waals surface area contributed by atoms with Crippen LogP contribution < -0.4 is 5.32 Å². The molecule has 1 atom stereocenters. The van der Waals surface area contributed by atoms with Crippen molar-refractivity contribution in [2.75, 3.05) is 18.4 Å². The molecule has 1 N–H and O–H groups in total. The molecule has 3 heterocycles. The maximum Gasteiger partial charge on any atom is 0.243 e. The Hall–Kier alpha value is -1.80. The lowest BCUT2D eigenvalue weighted by atomic mass is 9.92. The van der Waals surface area contributed by atoms with E-state index in [1.807, 2.05) is 26.2 Å². The Balaban J connectivity index is 1.47. The van der Waals surface area contributed by atoms with Crippen LogP contribution >= 0.6 is 11.3 Å². The zero-order valence-corrected chi connectivity index (χ0v) is 15.1. The number of aryl methyl sites for hydroxylation is 2. The lowest BCUT2D eigenvalue weighted by molar-refractivity contribution is -0.121. The molecule has 1 fully saturated rings. The molecule has 0 bridgehead atoms. The summed E-state index contributed by atoms with van der Waals surface area (Å²) in [5, 5.41) is 9.49. The fourth-order valence-corrected chi connectivity index (χ4v) is 3.70. The topological polar surface area (TPSA) is 84.2 Å². The van der Waals surface area contributed by atoms with Crippen LogP contribution in [-0.4, -0.2) is 45.1 Å². The molecule has 8 heteroatoms. The summed E-state index contributed by atoms with van der Waals surface area (Å²) in [5.41, 5.74) is 0.931. The number of hydrogen-bond donors (Lipinski definition) is 1. The first-order chi connectivity index (χ1) is 11.5. The summed E-state index contributed by atoms with van der Waals surface area (Å²) in [7, 11) is 0. The monoisotopic (exact) mass is 349 g/mol. The number of amides is 1. The molecule has 1 aliphatic heterocycles. The molecule has 0 spiro atoms. The molecule has 0 radical (unpaired) electrons. The second-order valence-corrected chi connectivity index (χ2v) is 7.23. The number of nitrogens with one attached hydrogen (secondary N) is 1. The molecule has 2 aromatic rings. The summed E-state index contributed by atoms with van der Waals surface area (Å²) >= 11 is 1.46. The van der Waals surface area contributed by atoms with Crippen LogP contribution in [0.25, 0.3) is 0 Å². The third-order valence-electron chi connectivity index (χ3n) is 4.47. The minimum absolute atomic E-state index is 0.0107. The quantitative estimate of drug-likeness (QED) is 0.892. The number of carbonyl (C=O) groups is 1. The maximum absolute atomic E-state index is 12.4. The summed E-state index contributed by atoms with van der Waals surface area (Å²) in [6.45, 7) is 7.51. The number of carbonyl (C=O) groups excluding carboxylic acids is 1. The van der Waals surface area contributed by atoms with E-state index in [0.29, 0.717) is 16.9 Å². The van der Waals surface area contributed by atoms with E-state index in [-0.39, 0.29) is 11.9 Å². The fraction of sp³-hybridized carbons (Fsp3) is 0.625. The molecule has 1 aliphatic rings. The van der Waals surface area contributed by atoms with Crippen LogP contribution in [0.15, 0.2) is 9.90 Å². The van der Waals surface area contributed by atoms with Gasteiger partial charge in [-0.25, -0.2) is 4.98 Å². The first-order valence-corrected chi connectivity index (χ1v) is 9.15. The van der Waals surface area contributed by atoms with E-state index in [2.05, 4.69) is 25.3 Å². The van der Waals surface area contributed by atoms with Crippen LogP contribution in [-0.2, 0) is 11.2 Å². The first kappa shape index (κ1) is 17.0. The lowest BCUT2D eigenvalue weighted by Crippen LogP contribution is -2.46. The van der Waals surface area contributed by atoms with Crippen LogP contribution in [0.2, 0.25) is 0 Å². The van der Waals surface area contributed by atoms with E-state index in [9.17, 15) is 4.79 Å². The average molecular weight is 349 g/mol. The van der Waals surface area contributed by atoms with E-state index in [0.717, 1.165) is 43.9 Å². The largest absolute Gasteiger partial charge is 0.340 e. The van der Waals surface area contributed by atoms with Gasteiger partial charge in [0.25, 0.3) is 0 Å². The number of hydrogen-bond acceptors (Lipinski definition) is 7. The molecule has 0 aromatic carbocycles. The van der Waals surface area contributed by atoms with Crippen LogP contribution in [0.3, 0.4) is 0 Å². The van der Waals surface area contributed by atoms with Crippen molar-refractivity contribution in [3.63, 3.8) is 0 Å². The van der Waals surface area contributed by atoms with Gasteiger partial charge in [0.15, 0.2) is 11.0 Å². The number of nitrogens with zero attached hydrogens (tertiary/aromatic N) is 4. The maximum atomic E-state index is 12.4. The number of anilines is 1. The molecule has 3 rings (SSSR count). The predicted molar refractivity (Wildman–Crippen MR) is 92.0 cm³/mol. The molecule has 0 unspecified atom stereocenters. The summed E-state index contributed by atoms with van der Waals surface area (Å²) in [6.07, 6.45) is 2.94. The molecule has 1 saturated heterocycles. The molecule has 0 saturated carbocycles. The third kappa shape index (κ3) is 4.18. The van der Waals surface area contributed by atoms with Gasteiger partial charge in [-0.05, 0) is 45.7 Å². The van der Waals surface area contributed by atoms with Gasteiger partial charge >= 0.3 is 0 Å². The van der Waals surface area contributed by atoms with Crippen LogP contribution in [0.5, 0.6) is 0 Å². The van der Waals surface area contributed by atoms with Gasteiger partial charge in [-0.2, -0.15) is 4.98 Å². The van der Waals surface area contributed by atoms with Crippen LogP contribution in [0, 0.1) is 19.8 Å². The minimum atomic E-state index is -0.150. The van der Waals surface area contributed by atoms with Gasteiger partial charge in [0.1, 0.15) is 0 Å². The Labute approximate surface area is 145 Å². The second kappa shape index (κ2) is 7.40. The highest BCUT2D eigenvalue weighted by Crippen LogP contribution is 2.23. The van der Waals surface area contributed by atoms with Gasteiger partial charge in [-0.3, -0.25) is 9.69 Å². The summed E-state index contributed by atoms with van der Waals surface area (Å²) in [5.74, 6) is 1.97. The lowest BCUT2D eigenvalue weighted by Gasteiger charge is -2.34. The fourth-order valence-electron chi connectivity index (χ4n) is 3.01. The SMILES string of the molecule is Cc1csc(NC(=O)[C@H](C)N2CCC(Cc3noc(C)n3)CC2)n1. The Bertz CT molecular complexity index is 690. The van der Waals surface area contributed by atoms with E-state index in [1.54, 1.807) is 0 Å². The van der Waals surface area contributed by atoms with Gasteiger partial charge < -0.3 is 9.84 Å². The van der Waals surface area contributed by atoms with Gasteiger partial charge in [0.05, 0.1) is 11.7 Å². The van der Waals surface area contributed by atoms with E-state index in [1.165, 1.54) is 11.3 Å². The predicted octanol–water partition coefficient (Wildman–Crippen LogP) is 2.42. The normalized spacial score (nSPS) is 17.8. The highest BCUT2D eigenvalue weighted by molar-refractivity contribution is 7.13. The zero-order valence-electron chi connectivity index (χ0n) is 14.3. The number of aromatic nitrogens is 3. The smallest absolute Gasteiger partial charge is 0.243 e. The van der Waals surface area contributed by atoms with E-state index >= 15 is 0 Å². The van der Waals surface area contributed by atoms with Gasteiger partial charge in [0.2, 0.25) is 11.8 Å². The summed E-state index contributed by atoms with van der Waals surface area (Å²) in [4.78, 5) is 23.2. The third-order valence-corrected chi connectivity index (χ3v) is 5.34. The van der Waals surface area contributed by atoms with E-state index < -0.39 is 0 Å². The molecular formula is C16H23N5O2S. The second-order valence-electron chi connectivity index (χ2n) is 6.37. The molecule has 24 heavy (non-hydrogen) atoms. The first-order valence-electron chi connectivity index (χ1n) is 8.27. The molecule has 0 aliphatic carbocycles. The van der Waals surface area contributed by atoms with Crippen molar-refractivity contribution in [3.05, 3.63) is 22.8 Å². The molecule has 1 amide bonds. The van der Waals surface area contributed by atoms with Crippen LogP contribution in [0.4, 0.5) is 5.13 Å². The van der Waals surface area contributed by atoms with Crippen molar-refractivity contribution >= 4 is 22.4 Å². The number of piperidine rings is 1. The Kier molecular flexibility index (Phi) is 5.25. The van der Waals surface area contributed by atoms with Crippen molar-refractivity contribution in [3.8, 4) is 0 Å². The number of likely N-dealkylation sites (tertiary alicyclic amines) is 1. The number of rotatable bonds is 5.